The van der Waals surface area contributed by atoms with Gasteiger partial charge in [0.1, 0.15) is 5.65 Å². The largest absolute Gasteiger partial charge is 0.464 e. The van der Waals surface area contributed by atoms with Gasteiger partial charge in [0.2, 0.25) is 0 Å². The average Bonchev–Trinajstić information content (AvgIpc) is 2.67. The summed E-state index contributed by atoms with van der Waals surface area (Å²) >= 11 is 0. The van der Waals surface area contributed by atoms with Crippen molar-refractivity contribution in [2.45, 2.75) is 5.03 Å². The minimum absolute atomic E-state index is 0.0781. The summed E-state index contributed by atoms with van der Waals surface area (Å²) < 4.78 is 29.1. The van der Waals surface area contributed by atoms with E-state index in [1.54, 1.807) is 24.4 Å². The molecule has 0 aromatic carbocycles. The molecule has 0 spiro atoms. The molecular formula is C10H10N2O4S. The summed E-state index contributed by atoms with van der Waals surface area (Å²) in [6.07, 6.45) is 2.56. The number of esters is 1. The molecule has 0 aliphatic heterocycles. The molecule has 0 fully saturated rings. The fraction of sp³-hybridized carbons (Fsp3) is 0.200. The van der Waals surface area contributed by atoms with Crippen molar-refractivity contribution in [3.63, 3.8) is 0 Å². The summed E-state index contributed by atoms with van der Waals surface area (Å²) in [4.78, 5) is 15.5. The first-order chi connectivity index (χ1) is 7.95. The lowest BCUT2D eigenvalue weighted by Crippen LogP contribution is -2.11. The van der Waals surface area contributed by atoms with E-state index in [0.29, 0.717) is 5.65 Å². The quantitative estimate of drug-likeness (QED) is 0.730. The standard InChI is InChI=1S/C10H10N2O4S/c1-16-10(13)8-9(17(2,14)15)11-7-5-3-4-6-12(7)8/h3-6H,1-2H3. The molecule has 7 heteroatoms. The molecule has 0 N–H and O–H groups in total. The van der Waals surface area contributed by atoms with Gasteiger partial charge in [-0.25, -0.2) is 18.2 Å². The summed E-state index contributed by atoms with van der Waals surface area (Å²) in [5.41, 5.74) is 0.305. The van der Waals surface area contributed by atoms with Crippen LogP contribution < -0.4 is 0 Å². The number of rotatable bonds is 2. The van der Waals surface area contributed by atoms with Crippen LogP contribution in [0.3, 0.4) is 0 Å². The Morgan fingerprint density at radius 1 is 1.41 bits per heavy atom. The van der Waals surface area contributed by atoms with Gasteiger partial charge >= 0.3 is 5.97 Å². The minimum atomic E-state index is -3.58. The molecule has 2 rings (SSSR count). The molecule has 0 aliphatic rings. The van der Waals surface area contributed by atoms with Gasteiger partial charge in [-0.1, -0.05) is 6.07 Å². The molecular weight excluding hydrogens is 244 g/mol. The van der Waals surface area contributed by atoms with Crippen molar-refractivity contribution in [2.75, 3.05) is 13.4 Å². The molecule has 90 valence electrons. The number of carbonyl (C=O) groups excluding carboxylic acids is 1. The number of imidazole rings is 1. The Balaban J connectivity index is 2.88. The summed E-state index contributed by atoms with van der Waals surface area (Å²) in [5, 5.41) is -0.268. The normalized spacial score (nSPS) is 11.6. The van der Waals surface area contributed by atoms with Gasteiger partial charge in [-0.15, -0.1) is 0 Å². The van der Waals surface area contributed by atoms with Crippen molar-refractivity contribution in [1.82, 2.24) is 9.38 Å². The number of sulfone groups is 1. The van der Waals surface area contributed by atoms with Gasteiger partial charge in [-0.2, -0.15) is 0 Å². The summed E-state index contributed by atoms with van der Waals surface area (Å²) in [5.74, 6) is -0.732. The highest BCUT2D eigenvalue weighted by Gasteiger charge is 2.26. The zero-order valence-corrected chi connectivity index (χ0v) is 10.1. The minimum Gasteiger partial charge on any atom is -0.464 e. The lowest BCUT2D eigenvalue weighted by Gasteiger charge is -2.00. The van der Waals surface area contributed by atoms with Gasteiger partial charge in [0, 0.05) is 12.5 Å². The van der Waals surface area contributed by atoms with Crippen molar-refractivity contribution < 1.29 is 17.9 Å². The number of methoxy groups -OCH3 is 1. The van der Waals surface area contributed by atoms with Crippen LogP contribution in [0.1, 0.15) is 10.5 Å². The van der Waals surface area contributed by atoms with Crippen LogP contribution in [0.4, 0.5) is 0 Å². The SMILES string of the molecule is COC(=O)c1c(S(C)(=O)=O)nc2ccccn12. The molecule has 0 saturated heterocycles. The van der Waals surface area contributed by atoms with Crippen LogP contribution in [0, 0.1) is 0 Å². The van der Waals surface area contributed by atoms with Crippen LogP contribution >= 0.6 is 0 Å². The van der Waals surface area contributed by atoms with Crippen molar-refractivity contribution >= 4 is 21.5 Å². The smallest absolute Gasteiger partial charge is 0.358 e. The van der Waals surface area contributed by atoms with Gasteiger partial charge in [-0.05, 0) is 12.1 Å². The maximum Gasteiger partial charge on any atom is 0.358 e. The van der Waals surface area contributed by atoms with Crippen LogP contribution in [-0.4, -0.2) is 37.1 Å². The highest BCUT2D eigenvalue weighted by Crippen LogP contribution is 2.18. The Labute approximate surface area is 97.8 Å². The summed E-state index contributed by atoms with van der Waals surface area (Å²) in [6, 6.07) is 4.99. The number of nitrogens with zero attached hydrogens (tertiary/aromatic N) is 2. The van der Waals surface area contributed by atoms with Gasteiger partial charge in [0.25, 0.3) is 0 Å². The van der Waals surface area contributed by atoms with Crippen molar-refractivity contribution in [3.8, 4) is 0 Å². The van der Waals surface area contributed by atoms with Crippen LogP contribution in [0.2, 0.25) is 0 Å². The molecule has 17 heavy (non-hydrogen) atoms. The van der Waals surface area contributed by atoms with Gasteiger partial charge in [0.15, 0.2) is 20.6 Å². The first-order valence-electron chi connectivity index (χ1n) is 4.70. The number of hydrogen-bond acceptors (Lipinski definition) is 5. The van der Waals surface area contributed by atoms with Crippen molar-refractivity contribution in [3.05, 3.63) is 30.1 Å². The lowest BCUT2D eigenvalue weighted by molar-refractivity contribution is 0.0588. The number of ether oxygens (including phenoxy) is 1. The number of pyridine rings is 1. The molecule has 0 aliphatic carbocycles. The molecule has 0 unspecified atom stereocenters. The van der Waals surface area contributed by atoms with E-state index in [-0.39, 0.29) is 10.7 Å². The van der Waals surface area contributed by atoms with Crippen LogP contribution in [0.25, 0.3) is 5.65 Å². The number of fused-ring (bicyclic) bond motifs is 1. The third-order valence-corrected chi connectivity index (χ3v) is 3.21. The molecule has 0 saturated carbocycles. The zero-order valence-electron chi connectivity index (χ0n) is 9.25. The Hall–Kier alpha value is -1.89. The number of hydrogen-bond donors (Lipinski definition) is 0. The Bertz CT molecular complexity index is 687. The monoisotopic (exact) mass is 254 g/mol. The van der Waals surface area contributed by atoms with Crippen molar-refractivity contribution in [1.29, 1.82) is 0 Å². The van der Waals surface area contributed by atoms with Crippen LogP contribution in [0.15, 0.2) is 29.4 Å². The number of carbonyl (C=O) groups is 1. The van der Waals surface area contributed by atoms with E-state index in [1.807, 2.05) is 0 Å². The molecule has 0 atom stereocenters. The number of aromatic nitrogens is 2. The Kier molecular flexibility index (Phi) is 2.62. The van der Waals surface area contributed by atoms with E-state index in [4.69, 9.17) is 0 Å². The second kappa shape index (κ2) is 3.85. The first-order valence-corrected chi connectivity index (χ1v) is 6.59. The van der Waals surface area contributed by atoms with Crippen LogP contribution in [-0.2, 0) is 14.6 Å². The molecule has 2 aromatic rings. The fourth-order valence-corrected chi connectivity index (χ4v) is 2.31. The van der Waals surface area contributed by atoms with E-state index in [0.717, 1.165) is 6.26 Å². The predicted molar refractivity (Wildman–Crippen MR) is 59.6 cm³/mol. The topological polar surface area (TPSA) is 77.7 Å². The summed E-state index contributed by atoms with van der Waals surface area (Å²) in [6.45, 7) is 0. The molecule has 0 bridgehead atoms. The van der Waals surface area contributed by atoms with E-state index in [9.17, 15) is 13.2 Å². The van der Waals surface area contributed by atoms with E-state index >= 15 is 0 Å². The highest BCUT2D eigenvalue weighted by molar-refractivity contribution is 7.90. The van der Waals surface area contributed by atoms with E-state index in [2.05, 4.69) is 9.72 Å². The van der Waals surface area contributed by atoms with E-state index < -0.39 is 15.8 Å². The second-order valence-electron chi connectivity index (χ2n) is 3.46. The van der Waals surface area contributed by atoms with Crippen molar-refractivity contribution in [2.24, 2.45) is 0 Å². The maximum absolute atomic E-state index is 11.6. The van der Waals surface area contributed by atoms with Gasteiger partial charge in [-0.3, -0.25) is 4.40 Å². The fourth-order valence-electron chi connectivity index (χ4n) is 1.52. The maximum atomic E-state index is 11.6. The summed E-state index contributed by atoms with van der Waals surface area (Å²) in [7, 11) is -2.39. The third kappa shape index (κ3) is 1.89. The van der Waals surface area contributed by atoms with Gasteiger partial charge < -0.3 is 4.74 Å². The zero-order chi connectivity index (χ0) is 12.6. The molecule has 2 aromatic heterocycles. The molecule has 0 amide bonds. The molecule has 0 radical (unpaired) electrons. The van der Waals surface area contributed by atoms with Gasteiger partial charge in [0.05, 0.1) is 7.11 Å². The first kappa shape index (κ1) is 11.6. The van der Waals surface area contributed by atoms with E-state index in [1.165, 1.54) is 11.5 Å². The molecule has 6 nitrogen and oxygen atoms in total. The molecule has 2 heterocycles. The average molecular weight is 254 g/mol. The lowest BCUT2D eigenvalue weighted by atomic mass is 10.4. The second-order valence-corrected chi connectivity index (χ2v) is 5.39. The van der Waals surface area contributed by atoms with Crippen LogP contribution in [0.5, 0.6) is 0 Å². The highest BCUT2D eigenvalue weighted by atomic mass is 32.2. The Morgan fingerprint density at radius 3 is 2.71 bits per heavy atom. The predicted octanol–water partition coefficient (Wildman–Crippen LogP) is 0.524. The third-order valence-electron chi connectivity index (χ3n) is 2.23. The Morgan fingerprint density at radius 2 is 2.12 bits per heavy atom.